The van der Waals surface area contributed by atoms with Crippen LogP contribution in [0.4, 0.5) is 0 Å². The van der Waals surface area contributed by atoms with Gasteiger partial charge in [-0.15, -0.1) is 0 Å². The minimum atomic E-state index is -0.742. The molecule has 3 aliphatic rings. The van der Waals surface area contributed by atoms with Crippen molar-refractivity contribution in [3.63, 3.8) is 0 Å². The van der Waals surface area contributed by atoms with Gasteiger partial charge in [0.2, 0.25) is 0 Å². The van der Waals surface area contributed by atoms with Crippen molar-refractivity contribution in [3.05, 3.63) is 22.2 Å². The lowest BCUT2D eigenvalue weighted by atomic mass is 9.83. The van der Waals surface area contributed by atoms with Crippen molar-refractivity contribution < 1.29 is 19.0 Å². The van der Waals surface area contributed by atoms with E-state index in [1.807, 2.05) is 13.8 Å². The standard InChI is InChI=1S/C21H28ClNO4/c1-13-16(20(24)25-3)11-17(22)19-18(13)26-21(2,27-19)15-7-9-23(10-8-15)12-14-5-4-6-14/h11,14-15H,4-10,12H2,1-3H3. The first-order valence-electron chi connectivity index (χ1n) is 9.93. The highest BCUT2D eigenvalue weighted by molar-refractivity contribution is 6.32. The Balaban J connectivity index is 1.47. The van der Waals surface area contributed by atoms with Gasteiger partial charge in [0, 0.05) is 24.9 Å². The van der Waals surface area contributed by atoms with E-state index in [-0.39, 0.29) is 0 Å². The van der Waals surface area contributed by atoms with E-state index in [1.54, 1.807) is 6.07 Å². The van der Waals surface area contributed by atoms with Crippen LogP contribution in [0.1, 0.15) is 54.9 Å². The Morgan fingerprint density at radius 3 is 2.52 bits per heavy atom. The Hall–Kier alpha value is -1.46. The molecule has 4 rings (SSSR count). The number of ether oxygens (including phenoxy) is 3. The van der Waals surface area contributed by atoms with Crippen LogP contribution in [0.5, 0.6) is 11.5 Å². The molecule has 1 aliphatic carbocycles. The number of halogens is 1. The maximum atomic E-state index is 12.0. The molecule has 148 valence electrons. The smallest absolute Gasteiger partial charge is 0.338 e. The third-order valence-corrected chi connectivity index (χ3v) is 6.80. The number of nitrogens with zero attached hydrogens (tertiary/aromatic N) is 1. The van der Waals surface area contributed by atoms with E-state index in [4.69, 9.17) is 25.8 Å². The van der Waals surface area contributed by atoms with Gasteiger partial charge in [-0.1, -0.05) is 18.0 Å². The molecule has 1 aromatic rings. The van der Waals surface area contributed by atoms with Crippen LogP contribution in [0.3, 0.4) is 0 Å². The third-order valence-electron chi connectivity index (χ3n) is 6.52. The zero-order valence-corrected chi connectivity index (χ0v) is 17.1. The van der Waals surface area contributed by atoms with Crippen LogP contribution < -0.4 is 9.47 Å². The SMILES string of the molecule is COC(=O)c1cc(Cl)c2c(c1C)OC(C)(C1CCN(CC3CCC3)CC1)O2. The highest BCUT2D eigenvalue weighted by Crippen LogP contribution is 2.51. The van der Waals surface area contributed by atoms with Gasteiger partial charge in [-0.2, -0.15) is 0 Å². The quantitative estimate of drug-likeness (QED) is 0.708. The molecule has 1 atom stereocenters. The summed E-state index contributed by atoms with van der Waals surface area (Å²) < 4.78 is 17.4. The lowest BCUT2D eigenvalue weighted by Gasteiger charge is -2.40. The van der Waals surface area contributed by atoms with Crippen molar-refractivity contribution in [2.75, 3.05) is 26.7 Å². The largest absolute Gasteiger partial charge is 0.465 e. The average Bonchev–Trinajstić information content (AvgIpc) is 3.01. The number of carbonyl (C=O) groups excluding carboxylic acids is 1. The van der Waals surface area contributed by atoms with Gasteiger partial charge < -0.3 is 19.1 Å². The van der Waals surface area contributed by atoms with Crippen LogP contribution in [0, 0.1) is 18.8 Å². The number of benzene rings is 1. The second kappa shape index (κ2) is 7.17. The summed E-state index contributed by atoms with van der Waals surface area (Å²) in [6, 6.07) is 1.61. The summed E-state index contributed by atoms with van der Waals surface area (Å²) in [5, 5.41) is 0.391. The first-order valence-corrected chi connectivity index (χ1v) is 10.3. The molecule has 1 aromatic carbocycles. The Bertz CT molecular complexity index is 740. The van der Waals surface area contributed by atoms with Crippen molar-refractivity contribution >= 4 is 17.6 Å². The number of piperidine rings is 1. The molecule has 0 bridgehead atoms. The number of likely N-dealkylation sites (tertiary alicyclic amines) is 1. The second-order valence-electron chi connectivity index (χ2n) is 8.27. The highest BCUT2D eigenvalue weighted by atomic mass is 35.5. The molecular weight excluding hydrogens is 366 g/mol. The van der Waals surface area contributed by atoms with E-state index >= 15 is 0 Å². The van der Waals surface area contributed by atoms with Crippen molar-refractivity contribution in [3.8, 4) is 11.5 Å². The summed E-state index contributed by atoms with van der Waals surface area (Å²) in [5.74, 6) is 1.15. The Labute approximate surface area is 165 Å². The van der Waals surface area contributed by atoms with Gasteiger partial charge in [-0.3, -0.25) is 0 Å². The van der Waals surface area contributed by atoms with Crippen LogP contribution >= 0.6 is 11.6 Å². The van der Waals surface area contributed by atoms with Crippen LogP contribution in [0.2, 0.25) is 5.02 Å². The molecule has 2 heterocycles. The highest BCUT2D eigenvalue weighted by Gasteiger charge is 2.47. The average molecular weight is 394 g/mol. The predicted molar refractivity (Wildman–Crippen MR) is 104 cm³/mol. The third kappa shape index (κ3) is 3.40. The van der Waals surface area contributed by atoms with Crippen molar-refractivity contribution in [2.45, 2.75) is 51.7 Å². The number of methoxy groups -OCH3 is 1. The first kappa shape index (κ1) is 18.9. The minimum Gasteiger partial charge on any atom is -0.465 e. The molecular formula is C21H28ClNO4. The molecule has 0 spiro atoms. The summed E-state index contributed by atoms with van der Waals surface area (Å²) in [6.07, 6.45) is 6.25. The molecule has 2 fully saturated rings. The van der Waals surface area contributed by atoms with Gasteiger partial charge in [0.25, 0.3) is 5.79 Å². The molecule has 5 nitrogen and oxygen atoms in total. The van der Waals surface area contributed by atoms with Gasteiger partial charge in [0.05, 0.1) is 17.7 Å². The second-order valence-corrected chi connectivity index (χ2v) is 8.68. The number of rotatable bonds is 4. The summed E-state index contributed by atoms with van der Waals surface area (Å²) in [4.78, 5) is 14.6. The van der Waals surface area contributed by atoms with Crippen LogP contribution in [-0.4, -0.2) is 43.4 Å². The fraction of sp³-hybridized carbons (Fsp3) is 0.667. The first-order chi connectivity index (χ1) is 12.9. The fourth-order valence-corrected chi connectivity index (χ4v) is 4.75. The molecule has 0 radical (unpaired) electrons. The maximum Gasteiger partial charge on any atom is 0.338 e. The van der Waals surface area contributed by atoms with Crippen LogP contribution in [0.15, 0.2) is 6.07 Å². The summed E-state index contributed by atoms with van der Waals surface area (Å²) >= 11 is 6.40. The monoisotopic (exact) mass is 393 g/mol. The number of carbonyl (C=O) groups is 1. The Morgan fingerprint density at radius 1 is 1.26 bits per heavy atom. The normalized spacial score (nSPS) is 26.1. The lowest BCUT2D eigenvalue weighted by Crippen LogP contribution is -2.49. The van der Waals surface area contributed by atoms with Gasteiger partial charge in [0.15, 0.2) is 11.5 Å². The molecule has 27 heavy (non-hydrogen) atoms. The predicted octanol–water partition coefficient (Wildman–Crippen LogP) is 4.43. The Kier molecular flexibility index (Phi) is 5.02. The van der Waals surface area contributed by atoms with Gasteiger partial charge in [-0.25, -0.2) is 4.79 Å². The molecule has 0 aromatic heterocycles. The van der Waals surface area contributed by atoms with Crippen molar-refractivity contribution in [2.24, 2.45) is 11.8 Å². The number of esters is 1. The van der Waals surface area contributed by atoms with E-state index in [1.165, 1.54) is 32.9 Å². The van der Waals surface area contributed by atoms with Gasteiger partial charge >= 0.3 is 5.97 Å². The lowest BCUT2D eigenvalue weighted by molar-refractivity contribution is -0.125. The zero-order valence-electron chi connectivity index (χ0n) is 16.3. The molecule has 1 saturated heterocycles. The van der Waals surface area contributed by atoms with E-state index in [0.29, 0.717) is 33.6 Å². The number of fused-ring (bicyclic) bond motifs is 1. The number of hydrogen-bond acceptors (Lipinski definition) is 5. The molecule has 1 unspecified atom stereocenters. The summed E-state index contributed by atoms with van der Waals surface area (Å²) in [5.41, 5.74) is 1.14. The fourth-order valence-electron chi connectivity index (χ4n) is 4.51. The molecule has 2 aliphatic heterocycles. The summed E-state index contributed by atoms with van der Waals surface area (Å²) in [7, 11) is 1.36. The zero-order chi connectivity index (χ0) is 19.2. The van der Waals surface area contributed by atoms with Crippen LogP contribution in [-0.2, 0) is 4.74 Å². The van der Waals surface area contributed by atoms with Crippen molar-refractivity contribution in [1.82, 2.24) is 4.90 Å². The topological polar surface area (TPSA) is 48.0 Å². The van der Waals surface area contributed by atoms with Gasteiger partial charge in [0.1, 0.15) is 0 Å². The molecule has 0 N–H and O–H groups in total. The molecule has 0 amide bonds. The van der Waals surface area contributed by atoms with Gasteiger partial charge in [-0.05, 0) is 57.7 Å². The summed E-state index contributed by atoms with van der Waals surface area (Å²) in [6.45, 7) is 7.24. The van der Waals surface area contributed by atoms with E-state index in [0.717, 1.165) is 31.8 Å². The Morgan fingerprint density at radius 2 is 1.93 bits per heavy atom. The molecule has 1 saturated carbocycles. The van der Waals surface area contributed by atoms with E-state index in [9.17, 15) is 4.79 Å². The van der Waals surface area contributed by atoms with E-state index < -0.39 is 11.8 Å². The molecule has 6 heteroatoms. The van der Waals surface area contributed by atoms with Crippen molar-refractivity contribution in [1.29, 1.82) is 0 Å². The number of hydrogen-bond donors (Lipinski definition) is 0. The maximum absolute atomic E-state index is 12.0. The minimum absolute atomic E-state index is 0.291. The van der Waals surface area contributed by atoms with Crippen LogP contribution in [0.25, 0.3) is 0 Å². The van der Waals surface area contributed by atoms with E-state index in [2.05, 4.69) is 4.90 Å².